The van der Waals surface area contributed by atoms with Gasteiger partial charge in [-0.1, -0.05) is 77.8 Å². The number of aliphatic hydroxyl groups is 1. The number of fused-ring (bicyclic) bond motifs is 1. The van der Waals surface area contributed by atoms with E-state index in [4.69, 9.17) is 37.7 Å². The van der Waals surface area contributed by atoms with Gasteiger partial charge in [0.1, 0.15) is 0 Å². The predicted molar refractivity (Wildman–Crippen MR) is 136 cm³/mol. The number of amides is 1. The fourth-order valence-corrected chi connectivity index (χ4v) is 5.43. The smallest absolute Gasteiger partial charge is 0.320 e. The Hall–Kier alpha value is -2.94. The molecule has 0 aromatic heterocycles. The van der Waals surface area contributed by atoms with Crippen molar-refractivity contribution >= 4 is 35.1 Å². The molecule has 2 atom stereocenters. The van der Waals surface area contributed by atoms with Crippen molar-refractivity contribution in [3.05, 3.63) is 106 Å². The second kappa shape index (κ2) is 9.74. The lowest BCUT2D eigenvalue weighted by molar-refractivity contribution is -0.488. The summed E-state index contributed by atoms with van der Waals surface area (Å²) in [5, 5.41) is 12.7. The minimum atomic E-state index is -2.59. The van der Waals surface area contributed by atoms with Gasteiger partial charge in [0.05, 0.1) is 6.61 Å². The van der Waals surface area contributed by atoms with Crippen LogP contribution < -0.4 is 0 Å². The van der Waals surface area contributed by atoms with Crippen LogP contribution in [0.25, 0.3) is 0 Å². The molecule has 0 aliphatic carbocycles. The van der Waals surface area contributed by atoms with E-state index in [1.807, 2.05) is 30.3 Å². The molecule has 3 aromatic carbocycles. The highest BCUT2D eigenvalue weighted by atomic mass is 35.5. The van der Waals surface area contributed by atoms with Crippen molar-refractivity contribution in [2.24, 2.45) is 5.41 Å². The van der Waals surface area contributed by atoms with Crippen LogP contribution in [-0.4, -0.2) is 40.8 Å². The number of rotatable bonds is 6. The van der Waals surface area contributed by atoms with Crippen LogP contribution in [-0.2, 0) is 36.2 Å². The van der Waals surface area contributed by atoms with E-state index in [2.05, 4.69) is 0 Å². The van der Waals surface area contributed by atoms with Crippen molar-refractivity contribution in [1.29, 1.82) is 0 Å². The van der Waals surface area contributed by atoms with Crippen LogP contribution in [0.2, 0.25) is 10.0 Å². The lowest BCUT2D eigenvalue weighted by Crippen LogP contribution is -2.64. The quantitative estimate of drug-likeness (QED) is 0.354. The molecule has 0 bridgehead atoms. The minimum Gasteiger partial charge on any atom is -0.465 e. The molecule has 2 saturated heterocycles. The van der Waals surface area contributed by atoms with E-state index in [-0.39, 0.29) is 26.1 Å². The van der Waals surface area contributed by atoms with Crippen molar-refractivity contribution < 1.29 is 29.2 Å². The summed E-state index contributed by atoms with van der Waals surface area (Å²) in [6, 6.07) is 23.1. The Morgan fingerprint density at radius 3 is 2.05 bits per heavy atom. The van der Waals surface area contributed by atoms with E-state index in [0.29, 0.717) is 21.2 Å². The molecule has 2 fully saturated rings. The zero-order valence-corrected chi connectivity index (χ0v) is 21.5. The number of carbonyl (C=O) groups is 2. The van der Waals surface area contributed by atoms with Crippen LogP contribution in [0.15, 0.2) is 78.9 Å². The van der Waals surface area contributed by atoms with Gasteiger partial charge in [-0.05, 0) is 47.9 Å². The number of ether oxygens (including phenoxy) is 1. The normalized spacial score (nSPS) is 24.5. The lowest BCUT2D eigenvalue weighted by atomic mass is 9.67. The van der Waals surface area contributed by atoms with Crippen LogP contribution >= 0.6 is 23.2 Å². The number of hydrogen-bond acceptors (Lipinski definition) is 6. The third-order valence-electron chi connectivity index (χ3n) is 7.05. The Morgan fingerprint density at radius 1 is 0.946 bits per heavy atom. The summed E-state index contributed by atoms with van der Waals surface area (Å²) in [6.07, 6.45) is -0.143. The highest BCUT2D eigenvalue weighted by molar-refractivity contribution is 6.30. The largest absolute Gasteiger partial charge is 0.465 e. The first-order valence-electron chi connectivity index (χ1n) is 11.9. The van der Waals surface area contributed by atoms with E-state index in [1.54, 1.807) is 55.5 Å². The molecule has 0 saturated carbocycles. The molecule has 0 spiro atoms. The molecular formula is C28H25Cl2NO6. The zero-order valence-electron chi connectivity index (χ0n) is 20.0. The first kappa shape index (κ1) is 25.7. The first-order valence-corrected chi connectivity index (χ1v) is 12.6. The highest BCUT2D eigenvalue weighted by Gasteiger charge is 2.75. The van der Waals surface area contributed by atoms with Gasteiger partial charge >= 0.3 is 5.97 Å². The van der Waals surface area contributed by atoms with Gasteiger partial charge in [-0.2, -0.15) is 4.89 Å². The molecule has 1 N–H and O–H groups in total. The monoisotopic (exact) mass is 541 g/mol. The summed E-state index contributed by atoms with van der Waals surface area (Å²) in [5.74, 6) is -4.11. The van der Waals surface area contributed by atoms with Gasteiger partial charge in [0, 0.05) is 29.6 Å². The molecule has 3 aromatic rings. The van der Waals surface area contributed by atoms with E-state index in [1.165, 1.54) is 4.90 Å². The number of halogens is 2. The van der Waals surface area contributed by atoms with Crippen molar-refractivity contribution in [3.8, 4) is 0 Å². The molecule has 9 heteroatoms. The van der Waals surface area contributed by atoms with Crippen molar-refractivity contribution in [1.82, 2.24) is 4.90 Å². The van der Waals surface area contributed by atoms with Crippen molar-refractivity contribution in [2.75, 3.05) is 13.2 Å². The number of likely N-dealkylation sites (tertiary alicyclic amines) is 1. The average Bonchev–Trinajstić information content (AvgIpc) is 3.12. The van der Waals surface area contributed by atoms with Gasteiger partial charge < -0.3 is 14.7 Å². The van der Waals surface area contributed by atoms with Gasteiger partial charge in [0.2, 0.25) is 0 Å². The number of carbonyl (C=O) groups excluding carboxylic acids is 2. The summed E-state index contributed by atoms with van der Waals surface area (Å²) in [4.78, 5) is 40.2. The number of benzene rings is 3. The van der Waals surface area contributed by atoms with Crippen LogP contribution in [0.3, 0.4) is 0 Å². The van der Waals surface area contributed by atoms with E-state index in [0.717, 1.165) is 5.56 Å². The fourth-order valence-electron chi connectivity index (χ4n) is 5.18. The van der Waals surface area contributed by atoms with Gasteiger partial charge in [-0.15, -0.1) is 0 Å². The minimum absolute atomic E-state index is 0.0548. The Bertz CT molecular complexity index is 1260. The third kappa shape index (κ3) is 4.21. The molecule has 2 unspecified atom stereocenters. The van der Waals surface area contributed by atoms with Gasteiger partial charge in [-0.3, -0.25) is 9.59 Å². The number of esters is 1. The SMILES string of the molecule is CCOC(=O)C12CN(Cc3ccccc3)C(=O)C1(O)OOC(c1ccc(Cl)cc1)(c1ccc(Cl)cc1)C2. The Kier molecular flexibility index (Phi) is 6.77. The highest BCUT2D eigenvalue weighted by Crippen LogP contribution is 2.57. The van der Waals surface area contributed by atoms with E-state index in [9.17, 15) is 14.7 Å². The third-order valence-corrected chi connectivity index (χ3v) is 7.55. The van der Waals surface area contributed by atoms with Gasteiger partial charge in [0.25, 0.3) is 11.7 Å². The van der Waals surface area contributed by atoms with E-state index < -0.39 is 28.7 Å². The maximum atomic E-state index is 13.7. The van der Waals surface area contributed by atoms with Gasteiger partial charge in [0.15, 0.2) is 11.0 Å². The summed E-state index contributed by atoms with van der Waals surface area (Å²) < 4.78 is 5.45. The predicted octanol–water partition coefficient (Wildman–Crippen LogP) is 4.87. The molecule has 1 amide bonds. The van der Waals surface area contributed by atoms with Gasteiger partial charge in [-0.25, -0.2) is 4.89 Å². The molecule has 2 heterocycles. The summed E-state index contributed by atoms with van der Waals surface area (Å²) in [7, 11) is 0. The second-order valence-corrected chi connectivity index (χ2v) is 10.2. The molecule has 37 heavy (non-hydrogen) atoms. The zero-order chi connectivity index (χ0) is 26.3. The van der Waals surface area contributed by atoms with E-state index >= 15 is 0 Å². The second-order valence-electron chi connectivity index (χ2n) is 9.28. The summed E-state index contributed by atoms with van der Waals surface area (Å²) >= 11 is 12.3. The van der Waals surface area contributed by atoms with Crippen LogP contribution in [0.5, 0.6) is 0 Å². The molecular weight excluding hydrogens is 517 g/mol. The average molecular weight is 542 g/mol. The van der Waals surface area contributed by atoms with Crippen LogP contribution in [0.4, 0.5) is 0 Å². The Labute approximate surface area is 224 Å². The number of nitrogens with zero attached hydrogens (tertiary/aromatic N) is 1. The number of hydrogen-bond donors (Lipinski definition) is 1. The maximum Gasteiger partial charge on any atom is 0.320 e. The fraction of sp³-hybridized carbons (Fsp3) is 0.286. The standard InChI is InChI=1S/C28H25Cl2NO6/c1-2-35-25(33)26-17-27(20-8-12-22(29)13-9-20,21-10-14-23(30)15-11-21)36-37-28(26,34)24(32)31(18-26)16-19-6-4-3-5-7-19/h3-15,34H,2,16-18H2,1H3. The Morgan fingerprint density at radius 2 is 1.51 bits per heavy atom. The van der Waals surface area contributed by atoms with Crippen LogP contribution in [0, 0.1) is 5.41 Å². The maximum absolute atomic E-state index is 13.7. The van der Waals surface area contributed by atoms with Crippen molar-refractivity contribution in [3.63, 3.8) is 0 Å². The molecule has 2 aliphatic heterocycles. The molecule has 0 radical (unpaired) electrons. The van der Waals surface area contributed by atoms with Crippen LogP contribution in [0.1, 0.15) is 30.0 Å². The topological polar surface area (TPSA) is 85.3 Å². The Balaban J connectivity index is 1.65. The molecule has 7 nitrogen and oxygen atoms in total. The molecule has 192 valence electrons. The van der Waals surface area contributed by atoms with Crippen molar-refractivity contribution in [2.45, 2.75) is 31.3 Å². The first-order chi connectivity index (χ1) is 17.7. The summed E-state index contributed by atoms with van der Waals surface area (Å²) in [5.41, 5.74) is -1.14. The summed E-state index contributed by atoms with van der Waals surface area (Å²) in [6.45, 7) is 1.75. The molecule has 5 rings (SSSR count). The lowest BCUT2D eigenvalue weighted by Gasteiger charge is -2.48. The molecule has 2 aliphatic rings.